The van der Waals surface area contributed by atoms with Crippen LogP contribution in [0.15, 0.2) is 43.0 Å². The molecule has 2 fully saturated rings. The summed E-state index contributed by atoms with van der Waals surface area (Å²) in [5.41, 5.74) is 3.33. The third-order valence-corrected chi connectivity index (χ3v) is 6.46. The summed E-state index contributed by atoms with van der Waals surface area (Å²) in [5.74, 6) is 1.72. The summed E-state index contributed by atoms with van der Waals surface area (Å²) < 4.78 is 1.84. The van der Waals surface area contributed by atoms with E-state index in [1.54, 1.807) is 24.8 Å². The highest BCUT2D eigenvalue weighted by atomic mass is 16.2. The second-order valence-electron chi connectivity index (χ2n) is 8.10. The van der Waals surface area contributed by atoms with Gasteiger partial charge in [0.2, 0.25) is 0 Å². The van der Waals surface area contributed by atoms with Gasteiger partial charge in [0.25, 0.3) is 5.91 Å². The lowest BCUT2D eigenvalue weighted by Crippen LogP contribution is -2.51. The highest BCUT2D eigenvalue weighted by Gasteiger charge is 2.51. The molecule has 2 saturated carbocycles. The van der Waals surface area contributed by atoms with Crippen molar-refractivity contribution in [3.8, 4) is 5.82 Å². The molecule has 0 saturated heterocycles. The molecule has 2 atom stereocenters. The molecule has 3 heterocycles. The van der Waals surface area contributed by atoms with Crippen molar-refractivity contribution in [3.63, 3.8) is 0 Å². The van der Waals surface area contributed by atoms with Gasteiger partial charge in [-0.1, -0.05) is 6.07 Å². The molecule has 1 N–H and O–H groups in total. The van der Waals surface area contributed by atoms with E-state index in [0.717, 1.165) is 42.6 Å². The molecule has 0 aromatic carbocycles. The summed E-state index contributed by atoms with van der Waals surface area (Å²) >= 11 is 0. The normalized spacial score (nSPS) is 23.4. The molecular formula is C21H20N6O. The van der Waals surface area contributed by atoms with Crippen LogP contribution in [0.1, 0.15) is 59.0 Å². The van der Waals surface area contributed by atoms with Gasteiger partial charge in [-0.05, 0) is 50.2 Å². The molecule has 0 radical (unpaired) electrons. The highest BCUT2D eigenvalue weighted by molar-refractivity contribution is 5.95. The molecule has 7 nitrogen and oxygen atoms in total. The van der Waals surface area contributed by atoms with E-state index in [9.17, 15) is 4.79 Å². The number of nitrogens with zero attached hydrogens (tertiary/aromatic N) is 5. The molecule has 0 aliphatic heterocycles. The molecule has 1 amide bonds. The van der Waals surface area contributed by atoms with E-state index in [1.165, 1.54) is 6.42 Å². The Hall–Kier alpha value is -3.09. The van der Waals surface area contributed by atoms with Crippen molar-refractivity contribution in [1.82, 2.24) is 30.0 Å². The van der Waals surface area contributed by atoms with E-state index in [0.29, 0.717) is 23.3 Å². The SMILES string of the molecule is O=C(NC1(c2ccccn2)CCC1)c1nn(-c2cnccn2)c2c1C[C@H]1C[C@@H]21. The van der Waals surface area contributed by atoms with Gasteiger partial charge in [-0.15, -0.1) is 0 Å². The van der Waals surface area contributed by atoms with Gasteiger partial charge >= 0.3 is 0 Å². The first-order valence-corrected chi connectivity index (χ1v) is 9.87. The minimum Gasteiger partial charge on any atom is -0.340 e. The molecule has 6 rings (SSSR count). The van der Waals surface area contributed by atoms with Crippen molar-refractivity contribution in [2.24, 2.45) is 5.92 Å². The highest BCUT2D eigenvalue weighted by Crippen LogP contribution is 2.57. The summed E-state index contributed by atoms with van der Waals surface area (Å²) in [6.45, 7) is 0. The van der Waals surface area contributed by atoms with Crippen LogP contribution < -0.4 is 5.32 Å². The van der Waals surface area contributed by atoms with Crippen molar-refractivity contribution in [2.45, 2.75) is 43.6 Å². The van der Waals surface area contributed by atoms with E-state index in [-0.39, 0.29) is 11.4 Å². The zero-order valence-corrected chi connectivity index (χ0v) is 15.4. The Balaban J connectivity index is 1.38. The van der Waals surface area contributed by atoms with Crippen molar-refractivity contribution in [1.29, 1.82) is 0 Å². The van der Waals surface area contributed by atoms with Crippen LogP contribution in [0.2, 0.25) is 0 Å². The maximum absolute atomic E-state index is 13.3. The topological polar surface area (TPSA) is 85.6 Å². The quantitative estimate of drug-likeness (QED) is 0.761. The lowest BCUT2D eigenvalue weighted by molar-refractivity contribution is 0.0810. The molecule has 0 spiro atoms. The lowest BCUT2D eigenvalue weighted by Gasteiger charge is -2.41. The van der Waals surface area contributed by atoms with Gasteiger partial charge in [-0.3, -0.25) is 14.8 Å². The van der Waals surface area contributed by atoms with Gasteiger partial charge in [0.15, 0.2) is 11.5 Å². The van der Waals surface area contributed by atoms with Gasteiger partial charge < -0.3 is 5.32 Å². The molecule has 3 aliphatic rings. The number of pyridine rings is 1. The number of carbonyl (C=O) groups is 1. The predicted molar refractivity (Wildman–Crippen MR) is 101 cm³/mol. The monoisotopic (exact) mass is 372 g/mol. The number of amides is 1. The van der Waals surface area contributed by atoms with E-state index < -0.39 is 0 Å². The second kappa shape index (κ2) is 5.70. The van der Waals surface area contributed by atoms with Crippen LogP contribution in [-0.4, -0.2) is 30.6 Å². The minimum absolute atomic E-state index is 0.106. The molecule has 0 bridgehead atoms. The second-order valence-corrected chi connectivity index (χ2v) is 8.10. The fourth-order valence-electron chi connectivity index (χ4n) is 4.77. The number of hydrogen-bond donors (Lipinski definition) is 1. The fraction of sp³-hybridized carbons (Fsp3) is 0.381. The Labute approximate surface area is 162 Å². The Bertz CT molecular complexity index is 1060. The van der Waals surface area contributed by atoms with Gasteiger partial charge in [-0.25, -0.2) is 9.67 Å². The van der Waals surface area contributed by atoms with Crippen LogP contribution in [0.25, 0.3) is 5.82 Å². The molecular weight excluding hydrogens is 352 g/mol. The van der Waals surface area contributed by atoms with E-state index in [1.807, 2.05) is 22.9 Å². The fourth-order valence-corrected chi connectivity index (χ4v) is 4.77. The molecule has 3 aromatic heterocycles. The molecule has 7 heteroatoms. The van der Waals surface area contributed by atoms with Crippen LogP contribution >= 0.6 is 0 Å². The average molecular weight is 372 g/mol. The number of carbonyl (C=O) groups excluding carboxylic acids is 1. The number of hydrogen-bond acceptors (Lipinski definition) is 5. The summed E-state index contributed by atoms with van der Waals surface area (Å²) in [5, 5.41) is 7.97. The summed E-state index contributed by atoms with van der Waals surface area (Å²) in [6.07, 6.45) is 11.8. The van der Waals surface area contributed by atoms with Crippen LogP contribution in [0.4, 0.5) is 0 Å². The predicted octanol–water partition coefficient (Wildman–Crippen LogP) is 2.53. The molecule has 3 aromatic rings. The summed E-state index contributed by atoms with van der Waals surface area (Å²) in [6, 6.07) is 5.87. The van der Waals surface area contributed by atoms with Crippen LogP contribution in [-0.2, 0) is 12.0 Å². The van der Waals surface area contributed by atoms with Crippen LogP contribution in [0.3, 0.4) is 0 Å². The maximum Gasteiger partial charge on any atom is 0.272 e. The lowest BCUT2D eigenvalue weighted by atomic mass is 9.74. The third kappa shape index (κ3) is 2.25. The Kier molecular flexibility index (Phi) is 3.24. The molecule has 3 aliphatic carbocycles. The van der Waals surface area contributed by atoms with Gasteiger partial charge in [0.1, 0.15) is 0 Å². The smallest absolute Gasteiger partial charge is 0.272 e. The van der Waals surface area contributed by atoms with E-state index in [4.69, 9.17) is 5.10 Å². The summed E-state index contributed by atoms with van der Waals surface area (Å²) in [4.78, 5) is 26.4. The average Bonchev–Trinajstić information content (AvgIpc) is 3.21. The first-order chi connectivity index (χ1) is 13.8. The number of nitrogens with one attached hydrogen (secondary N) is 1. The number of rotatable bonds is 4. The van der Waals surface area contributed by atoms with Crippen molar-refractivity contribution >= 4 is 5.91 Å². The van der Waals surface area contributed by atoms with Crippen molar-refractivity contribution < 1.29 is 4.79 Å². The van der Waals surface area contributed by atoms with Crippen molar-refractivity contribution in [3.05, 3.63) is 65.6 Å². The van der Waals surface area contributed by atoms with Crippen LogP contribution in [0.5, 0.6) is 0 Å². The molecule has 28 heavy (non-hydrogen) atoms. The van der Waals surface area contributed by atoms with Gasteiger partial charge in [0.05, 0.1) is 23.1 Å². The minimum atomic E-state index is -0.372. The number of fused-ring (bicyclic) bond motifs is 3. The first-order valence-electron chi connectivity index (χ1n) is 9.87. The number of aromatic nitrogens is 5. The molecule has 140 valence electrons. The maximum atomic E-state index is 13.3. The Morgan fingerprint density at radius 1 is 1.18 bits per heavy atom. The zero-order valence-electron chi connectivity index (χ0n) is 15.4. The third-order valence-electron chi connectivity index (χ3n) is 6.46. The Morgan fingerprint density at radius 3 is 2.82 bits per heavy atom. The van der Waals surface area contributed by atoms with E-state index in [2.05, 4.69) is 20.3 Å². The van der Waals surface area contributed by atoms with Crippen molar-refractivity contribution in [2.75, 3.05) is 0 Å². The largest absolute Gasteiger partial charge is 0.340 e. The Morgan fingerprint density at radius 2 is 2.11 bits per heavy atom. The zero-order chi connectivity index (χ0) is 18.7. The van der Waals surface area contributed by atoms with Crippen LogP contribution in [0, 0.1) is 5.92 Å². The standard InChI is InChI=1S/C21H20N6O/c28-20(25-21(5-3-6-21)16-4-1-2-7-23-16)18-15-11-13-10-14(13)19(15)27(26-18)17-12-22-8-9-24-17/h1-2,4,7-9,12-14H,3,5-6,10-11H2,(H,25,28)/t13-,14-/m1/s1. The van der Waals surface area contributed by atoms with Gasteiger partial charge in [-0.2, -0.15) is 5.10 Å². The molecule has 0 unspecified atom stereocenters. The van der Waals surface area contributed by atoms with Gasteiger partial charge in [0, 0.05) is 30.1 Å². The first kappa shape index (κ1) is 15.9. The summed E-state index contributed by atoms with van der Waals surface area (Å²) in [7, 11) is 0. The van der Waals surface area contributed by atoms with E-state index >= 15 is 0 Å².